The molecule has 0 unspecified atom stereocenters. The third-order valence-corrected chi connectivity index (χ3v) is 7.13. The van der Waals surface area contributed by atoms with Gasteiger partial charge in [0.2, 0.25) is 5.95 Å². The molecule has 7 heteroatoms. The summed E-state index contributed by atoms with van der Waals surface area (Å²) < 4.78 is 55.5. The largest absolute Gasteiger partial charge is 0.296 e. The molecule has 0 spiro atoms. The molecule has 1 aliphatic carbocycles. The Hall–Kier alpha value is -1.89. The molecule has 1 aliphatic rings. The number of hydrogen-bond acceptors (Lipinski definition) is 2. The monoisotopic (exact) mass is 495 g/mol. The highest BCUT2D eigenvalue weighted by Gasteiger charge is 2.29. The fourth-order valence-electron chi connectivity index (χ4n) is 4.97. The number of hydrogen-bond donors (Lipinski definition) is 0. The summed E-state index contributed by atoms with van der Waals surface area (Å²) in [5, 5.41) is 3.60. The molecule has 1 aromatic heterocycles. The highest BCUT2D eigenvalue weighted by atomic mass is 19.3. The van der Waals surface area contributed by atoms with E-state index in [0.29, 0.717) is 31.3 Å². The summed E-state index contributed by atoms with van der Waals surface area (Å²) in [7, 11) is 1.36. The summed E-state index contributed by atoms with van der Waals surface area (Å²) in [6.07, 6.45) is 8.37. The highest BCUT2D eigenvalue weighted by molar-refractivity contribution is 5.31. The number of nitrogens with zero attached hydrogens (tertiary/aromatic N) is 3. The van der Waals surface area contributed by atoms with E-state index in [1.165, 1.54) is 26.3 Å². The first kappa shape index (κ1) is 27.7. The fraction of sp³-hybridized carbons (Fsp3) is 0.679. The summed E-state index contributed by atoms with van der Waals surface area (Å²) >= 11 is 0. The lowest BCUT2D eigenvalue weighted by Gasteiger charge is -2.24. The molecule has 0 N–H and O–H groups in total. The quantitative estimate of drug-likeness (QED) is 0.173. The molecule has 0 amide bonds. The van der Waals surface area contributed by atoms with E-state index < -0.39 is 18.1 Å². The summed E-state index contributed by atoms with van der Waals surface area (Å²) in [5.41, 5.74) is 1.63. The molecule has 0 bridgehead atoms. The van der Waals surface area contributed by atoms with Crippen molar-refractivity contribution in [3.8, 4) is 0 Å². The average molecular weight is 496 g/mol. The van der Waals surface area contributed by atoms with Gasteiger partial charge in [-0.1, -0.05) is 64.5 Å². The maximum atomic E-state index is 14.6. The van der Waals surface area contributed by atoms with Gasteiger partial charge in [0.25, 0.3) is 6.43 Å². The maximum absolute atomic E-state index is 14.6. The third-order valence-electron chi connectivity index (χ3n) is 7.13. The van der Waals surface area contributed by atoms with Crippen LogP contribution in [0.3, 0.4) is 0 Å². The van der Waals surface area contributed by atoms with E-state index in [9.17, 15) is 17.6 Å². The molecule has 0 saturated heterocycles. The number of halogens is 4. The Morgan fingerprint density at radius 3 is 2.17 bits per heavy atom. The van der Waals surface area contributed by atoms with Crippen LogP contribution in [0.4, 0.5) is 17.6 Å². The van der Waals surface area contributed by atoms with Gasteiger partial charge in [-0.25, -0.2) is 17.9 Å². The normalized spacial score (nSPS) is 14.1. The van der Waals surface area contributed by atoms with Crippen molar-refractivity contribution in [3.63, 3.8) is 0 Å². The van der Waals surface area contributed by atoms with Crippen molar-refractivity contribution in [2.75, 3.05) is 6.54 Å². The highest BCUT2D eigenvalue weighted by Crippen LogP contribution is 2.31. The van der Waals surface area contributed by atoms with Gasteiger partial charge in [-0.05, 0) is 56.2 Å². The SMILES string of the molecule is CC(C)c1cccc(F)c1CN(CCCCCCCCCCc1c(C(F)F)nn(C)c1F)C1CC1. The third kappa shape index (κ3) is 8.06. The van der Waals surface area contributed by atoms with Crippen molar-refractivity contribution in [2.45, 2.75) is 109 Å². The zero-order chi connectivity index (χ0) is 25.4. The standard InChI is InChI=1S/C28H41F4N3/c1-20(2)22-14-12-15-25(29)24(22)19-35(21-16-17-21)18-11-9-7-5-4-6-8-10-13-23-26(27(30)31)33-34(3)28(23)32/h12,14-15,20-21,27H,4-11,13,16-19H2,1-3H3. The number of rotatable bonds is 16. The lowest BCUT2D eigenvalue weighted by Crippen LogP contribution is -2.28. The van der Waals surface area contributed by atoms with Gasteiger partial charge in [-0.15, -0.1) is 0 Å². The van der Waals surface area contributed by atoms with Crippen molar-refractivity contribution in [2.24, 2.45) is 7.05 Å². The van der Waals surface area contributed by atoms with Crippen LogP contribution in [0.1, 0.15) is 113 Å². The van der Waals surface area contributed by atoms with Crippen LogP contribution in [0, 0.1) is 11.8 Å². The van der Waals surface area contributed by atoms with Crippen LogP contribution in [-0.2, 0) is 20.0 Å². The second-order valence-corrected chi connectivity index (χ2v) is 10.3. The van der Waals surface area contributed by atoms with Gasteiger partial charge in [-0.2, -0.15) is 9.49 Å². The molecule has 1 fully saturated rings. The van der Waals surface area contributed by atoms with E-state index >= 15 is 0 Å². The molecule has 1 saturated carbocycles. The van der Waals surface area contributed by atoms with Crippen LogP contribution in [0.15, 0.2) is 18.2 Å². The number of aryl methyl sites for hydroxylation is 1. The van der Waals surface area contributed by atoms with E-state index in [4.69, 9.17) is 0 Å². The van der Waals surface area contributed by atoms with E-state index in [2.05, 4.69) is 29.9 Å². The van der Waals surface area contributed by atoms with Crippen LogP contribution in [0.25, 0.3) is 0 Å². The predicted molar refractivity (Wildman–Crippen MR) is 133 cm³/mol. The lowest BCUT2D eigenvalue weighted by atomic mass is 9.96. The zero-order valence-electron chi connectivity index (χ0n) is 21.5. The Balaban J connectivity index is 1.30. The first-order chi connectivity index (χ1) is 16.8. The molecule has 0 radical (unpaired) electrons. The second-order valence-electron chi connectivity index (χ2n) is 10.3. The number of benzene rings is 1. The topological polar surface area (TPSA) is 21.1 Å². The van der Waals surface area contributed by atoms with Gasteiger partial charge < -0.3 is 0 Å². The van der Waals surface area contributed by atoms with Crippen LogP contribution >= 0.6 is 0 Å². The Bertz CT molecular complexity index is 921. The molecule has 2 aromatic rings. The van der Waals surface area contributed by atoms with Crippen LogP contribution < -0.4 is 0 Å². The van der Waals surface area contributed by atoms with Gasteiger partial charge >= 0.3 is 0 Å². The molecule has 1 aromatic carbocycles. The molecular weight excluding hydrogens is 454 g/mol. The van der Waals surface area contributed by atoms with Crippen molar-refractivity contribution >= 4 is 0 Å². The average Bonchev–Trinajstić information content (AvgIpc) is 3.62. The van der Waals surface area contributed by atoms with E-state index in [-0.39, 0.29) is 11.4 Å². The Morgan fingerprint density at radius 2 is 1.57 bits per heavy atom. The van der Waals surface area contributed by atoms with Crippen molar-refractivity contribution in [3.05, 3.63) is 52.3 Å². The smallest absolute Gasteiger partial charge is 0.282 e. The fourth-order valence-corrected chi connectivity index (χ4v) is 4.97. The Labute approximate surface area is 207 Å². The minimum Gasteiger partial charge on any atom is -0.296 e. The molecule has 196 valence electrons. The van der Waals surface area contributed by atoms with E-state index in [1.54, 1.807) is 6.07 Å². The Kier molecular flexibility index (Phi) is 10.6. The first-order valence-corrected chi connectivity index (χ1v) is 13.3. The van der Waals surface area contributed by atoms with Gasteiger partial charge in [0.1, 0.15) is 11.5 Å². The molecule has 3 nitrogen and oxygen atoms in total. The molecule has 0 aliphatic heterocycles. The van der Waals surface area contributed by atoms with Gasteiger partial charge in [-0.3, -0.25) is 4.90 Å². The minimum atomic E-state index is -2.74. The van der Waals surface area contributed by atoms with Crippen molar-refractivity contribution in [1.82, 2.24) is 14.7 Å². The maximum Gasteiger partial charge on any atom is 0.282 e. The van der Waals surface area contributed by atoms with Crippen LogP contribution in [-0.4, -0.2) is 27.3 Å². The molecule has 35 heavy (non-hydrogen) atoms. The van der Waals surface area contributed by atoms with Crippen molar-refractivity contribution < 1.29 is 17.6 Å². The summed E-state index contributed by atoms with van der Waals surface area (Å²) in [5.74, 6) is -0.411. The predicted octanol–water partition coefficient (Wildman–Crippen LogP) is 8.09. The summed E-state index contributed by atoms with van der Waals surface area (Å²) in [4.78, 5) is 2.47. The summed E-state index contributed by atoms with van der Waals surface area (Å²) in [6, 6.07) is 6.05. The number of unbranched alkanes of at least 4 members (excludes halogenated alkanes) is 7. The van der Waals surface area contributed by atoms with Gasteiger partial charge in [0.05, 0.1) is 0 Å². The van der Waals surface area contributed by atoms with Gasteiger partial charge in [0, 0.05) is 30.8 Å². The van der Waals surface area contributed by atoms with Crippen LogP contribution in [0.5, 0.6) is 0 Å². The van der Waals surface area contributed by atoms with E-state index in [1.807, 2.05) is 6.07 Å². The lowest BCUT2D eigenvalue weighted by molar-refractivity contribution is 0.144. The number of aromatic nitrogens is 2. The van der Waals surface area contributed by atoms with Gasteiger partial charge in [0.15, 0.2) is 0 Å². The molecule has 3 rings (SSSR count). The van der Waals surface area contributed by atoms with Crippen LogP contribution in [0.2, 0.25) is 0 Å². The van der Waals surface area contributed by atoms with E-state index in [0.717, 1.165) is 60.9 Å². The Morgan fingerprint density at radius 1 is 0.943 bits per heavy atom. The zero-order valence-corrected chi connectivity index (χ0v) is 21.5. The first-order valence-electron chi connectivity index (χ1n) is 13.3. The number of alkyl halides is 2. The molecule has 1 heterocycles. The molecule has 0 atom stereocenters. The minimum absolute atomic E-state index is 0.0682. The summed E-state index contributed by atoms with van der Waals surface area (Å²) in [6.45, 7) is 5.96. The molecular formula is C28H41F4N3. The van der Waals surface area contributed by atoms with Crippen molar-refractivity contribution in [1.29, 1.82) is 0 Å². The second kappa shape index (κ2) is 13.4.